The summed E-state index contributed by atoms with van der Waals surface area (Å²) in [4.78, 5) is 0. The third kappa shape index (κ3) is 5.42. The van der Waals surface area contributed by atoms with Crippen LogP contribution in [0.15, 0.2) is 91.1 Å². The van der Waals surface area contributed by atoms with E-state index < -0.39 is 0 Å². The summed E-state index contributed by atoms with van der Waals surface area (Å²) >= 11 is 0. The minimum Gasteiger partial charge on any atom is -0.222 e. The molecule has 55 heavy (non-hydrogen) atoms. The van der Waals surface area contributed by atoms with Gasteiger partial charge in [-0.05, 0) is 102 Å². The van der Waals surface area contributed by atoms with Gasteiger partial charge in [-0.15, -0.1) is 0 Å². The zero-order valence-electron chi connectivity index (χ0n) is 34.9. The molecule has 3 aromatic heterocycles. The number of imidazole rings is 1. The Labute approximate surface area is 329 Å². The van der Waals surface area contributed by atoms with E-state index in [-0.39, 0.29) is 16.4 Å². The predicted molar refractivity (Wildman–Crippen MR) is 231 cm³/mol. The maximum Gasteiger partial charge on any atom is 0.296 e. The number of hydrogen-bond donors (Lipinski definition) is 0. The van der Waals surface area contributed by atoms with Gasteiger partial charge < -0.3 is 0 Å². The Hall–Kier alpha value is -4.50. The van der Waals surface area contributed by atoms with Gasteiger partial charge in [0.2, 0.25) is 5.69 Å². The van der Waals surface area contributed by atoms with E-state index in [1.54, 1.807) is 0 Å². The molecule has 1 unspecified atom stereocenters. The summed E-state index contributed by atoms with van der Waals surface area (Å²) in [7, 11) is 0. The molecule has 0 N–H and O–H groups in total. The molecule has 4 heterocycles. The first-order chi connectivity index (χ1) is 26.4. The Morgan fingerprint density at radius 3 is 2.16 bits per heavy atom. The summed E-state index contributed by atoms with van der Waals surface area (Å²) < 4.78 is 8.21. The van der Waals surface area contributed by atoms with E-state index in [9.17, 15) is 0 Å². The number of nitrogens with zero attached hydrogens (tertiary/aromatic N) is 3. The summed E-state index contributed by atoms with van der Waals surface area (Å²) in [5.74, 6) is 0.321. The SMILES string of the molecule is CCCCc1ccc2[n+](c1)C(CC)(CC)CC(C[n+]1c3cc4c(cc3n3c5c(C)cccc5c5cccc(C)c5c31)C(C)(C)CCC4(C)C)c1ccccc1-2. The lowest BCUT2D eigenvalue weighted by Crippen LogP contribution is -2.57. The average molecular weight is 728 g/mol. The minimum atomic E-state index is 0.0135. The van der Waals surface area contributed by atoms with E-state index in [2.05, 4.69) is 167 Å². The molecule has 282 valence electrons. The van der Waals surface area contributed by atoms with E-state index in [1.807, 2.05) is 0 Å². The molecule has 4 aromatic carbocycles. The number of para-hydroxylation sites is 1. The van der Waals surface area contributed by atoms with Crippen LogP contribution in [0.2, 0.25) is 0 Å². The van der Waals surface area contributed by atoms with Gasteiger partial charge in [-0.2, -0.15) is 8.97 Å². The van der Waals surface area contributed by atoms with Crippen LogP contribution in [0.1, 0.15) is 133 Å². The molecule has 9 rings (SSSR count). The largest absolute Gasteiger partial charge is 0.296 e. The fraction of sp³-hybridized carbons (Fsp3) is 0.423. The van der Waals surface area contributed by atoms with E-state index in [4.69, 9.17) is 0 Å². The normalized spacial score (nSPS) is 18.4. The molecule has 3 heteroatoms. The molecular weight excluding hydrogens is 667 g/mol. The molecule has 1 aliphatic heterocycles. The minimum absolute atomic E-state index is 0.0135. The fourth-order valence-corrected chi connectivity index (χ4v) is 11.1. The third-order valence-corrected chi connectivity index (χ3v) is 14.6. The van der Waals surface area contributed by atoms with Gasteiger partial charge in [-0.3, -0.25) is 0 Å². The molecule has 0 saturated heterocycles. The molecule has 0 amide bonds. The first-order valence-corrected chi connectivity index (χ1v) is 21.4. The van der Waals surface area contributed by atoms with Crippen LogP contribution in [-0.2, 0) is 29.3 Å². The molecule has 0 bridgehead atoms. The number of hydrogen-bond acceptors (Lipinski definition) is 0. The van der Waals surface area contributed by atoms with Gasteiger partial charge >= 0.3 is 0 Å². The highest BCUT2D eigenvalue weighted by atomic mass is 15.1. The van der Waals surface area contributed by atoms with Crippen molar-refractivity contribution in [2.75, 3.05) is 0 Å². The molecular formula is C52H61N3+2. The zero-order valence-corrected chi connectivity index (χ0v) is 34.9. The first kappa shape index (κ1) is 36.2. The Balaban J connectivity index is 1.39. The average Bonchev–Trinajstić information content (AvgIpc) is 3.43. The molecule has 1 aliphatic carbocycles. The second kappa shape index (κ2) is 13.0. The van der Waals surface area contributed by atoms with Crippen LogP contribution in [0.4, 0.5) is 0 Å². The summed E-state index contributed by atoms with van der Waals surface area (Å²) in [5.41, 5.74) is 17.1. The molecule has 0 radical (unpaired) electrons. The molecule has 0 saturated carbocycles. The van der Waals surface area contributed by atoms with Crippen LogP contribution in [-0.4, -0.2) is 4.40 Å². The van der Waals surface area contributed by atoms with Crippen molar-refractivity contribution in [2.24, 2.45) is 0 Å². The Morgan fingerprint density at radius 1 is 0.745 bits per heavy atom. The second-order valence-corrected chi connectivity index (χ2v) is 18.7. The smallest absolute Gasteiger partial charge is 0.222 e. The number of aryl methyl sites for hydroxylation is 3. The Bertz CT molecular complexity index is 2650. The van der Waals surface area contributed by atoms with Crippen LogP contribution in [0.25, 0.3) is 49.6 Å². The number of pyridine rings is 2. The first-order valence-electron chi connectivity index (χ1n) is 21.4. The van der Waals surface area contributed by atoms with Crippen molar-refractivity contribution >= 4 is 38.4 Å². The summed E-state index contributed by atoms with van der Waals surface area (Å²) in [5, 5.41) is 4.08. The van der Waals surface area contributed by atoms with Crippen molar-refractivity contribution in [3.05, 3.63) is 125 Å². The predicted octanol–water partition coefficient (Wildman–Crippen LogP) is 12.7. The van der Waals surface area contributed by atoms with Crippen LogP contribution >= 0.6 is 0 Å². The molecule has 3 nitrogen and oxygen atoms in total. The Kier molecular flexibility index (Phi) is 8.57. The van der Waals surface area contributed by atoms with Gasteiger partial charge in [-0.1, -0.05) is 109 Å². The highest BCUT2D eigenvalue weighted by Crippen LogP contribution is 2.48. The van der Waals surface area contributed by atoms with E-state index >= 15 is 0 Å². The molecule has 0 fully saturated rings. The number of aromatic nitrogens is 3. The highest BCUT2D eigenvalue weighted by molar-refractivity contribution is 6.14. The summed E-state index contributed by atoms with van der Waals surface area (Å²) in [6.45, 7) is 22.6. The lowest BCUT2D eigenvalue weighted by molar-refractivity contribution is -0.759. The van der Waals surface area contributed by atoms with Crippen molar-refractivity contribution in [2.45, 2.75) is 143 Å². The van der Waals surface area contributed by atoms with Gasteiger partial charge in [0.25, 0.3) is 5.65 Å². The molecule has 0 spiro atoms. The van der Waals surface area contributed by atoms with Gasteiger partial charge in [-0.25, -0.2) is 4.57 Å². The van der Waals surface area contributed by atoms with Crippen LogP contribution in [0, 0.1) is 13.8 Å². The fourth-order valence-electron chi connectivity index (χ4n) is 11.1. The monoisotopic (exact) mass is 727 g/mol. The second-order valence-electron chi connectivity index (χ2n) is 18.7. The van der Waals surface area contributed by atoms with Crippen LogP contribution in [0.3, 0.4) is 0 Å². The lowest BCUT2D eigenvalue weighted by Gasteiger charge is -2.41. The van der Waals surface area contributed by atoms with Gasteiger partial charge in [0.15, 0.2) is 22.8 Å². The van der Waals surface area contributed by atoms with E-state index in [0.29, 0.717) is 5.92 Å². The van der Waals surface area contributed by atoms with Crippen molar-refractivity contribution in [3.8, 4) is 11.3 Å². The maximum absolute atomic E-state index is 2.79. The van der Waals surface area contributed by atoms with Gasteiger partial charge in [0.1, 0.15) is 5.52 Å². The van der Waals surface area contributed by atoms with Crippen molar-refractivity contribution in [3.63, 3.8) is 0 Å². The third-order valence-electron chi connectivity index (χ3n) is 14.6. The number of rotatable bonds is 7. The van der Waals surface area contributed by atoms with E-state index in [1.165, 1.54) is 109 Å². The maximum atomic E-state index is 2.79. The topological polar surface area (TPSA) is 12.2 Å². The lowest BCUT2D eigenvalue weighted by atomic mass is 9.63. The van der Waals surface area contributed by atoms with Crippen molar-refractivity contribution in [1.82, 2.24) is 4.40 Å². The zero-order chi connectivity index (χ0) is 38.4. The summed E-state index contributed by atoms with van der Waals surface area (Å²) in [6.07, 6.45) is 11.8. The van der Waals surface area contributed by atoms with Gasteiger partial charge in [0.05, 0.1) is 11.9 Å². The number of benzene rings is 4. The molecule has 1 atom stereocenters. The molecule has 7 aromatic rings. The van der Waals surface area contributed by atoms with Crippen molar-refractivity contribution < 1.29 is 9.13 Å². The quantitative estimate of drug-likeness (QED) is 0.114. The molecule has 2 aliphatic rings. The van der Waals surface area contributed by atoms with Gasteiger partial charge in [0, 0.05) is 53.1 Å². The van der Waals surface area contributed by atoms with E-state index in [0.717, 1.165) is 32.2 Å². The van der Waals surface area contributed by atoms with Crippen LogP contribution < -0.4 is 9.13 Å². The standard InChI is InChI=1S/C52H61N3/c1-10-13-20-36-25-26-44-39-22-15-14-21-38(39)37(31-52(11-2,12-3)54(44)32-36)33-53-45-29-42-43(51(8,9)28-27-50(42,6)7)30-46(45)55-48-35(5)19-17-24-41(48)40-23-16-18-34(4)47(40)49(53)55/h14-19,21-26,29-30,32,37H,10-13,20,27-28,31,33H2,1-9H3/q+2. The number of fused-ring (bicyclic) bond motifs is 12. The highest BCUT2D eigenvalue weighted by Gasteiger charge is 2.46. The Morgan fingerprint density at radius 2 is 1.44 bits per heavy atom. The number of unbranched alkanes of at least 4 members (excludes halogenated alkanes) is 1. The van der Waals surface area contributed by atoms with Crippen molar-refractivity contribution in [1.29, 1.82) is 0 Å². The summed E-state index contributed by atoms with van der Waals surface area (Å²) in [6, 6.07) is 33.4. The van der Waals surface area contributed by atoms with Crippen LogP contribution in [0.5, 0.6) is 0 Å².